The molecule has 22 heavy (non-hydrogen) atoms. The summed E-state index contributed by atoms with van der Waals surface area (Å²) in [6.07, 6.45) is 1.66. The van der Waals surface area contributed by atoms with Gasteiger partial charge >= 0.3 is 0 Å². The van der Waals surface area contributed by atoms with Gasteiger partial charge in [-0.05, 0) is 50.2 Å². The van der Waals surface area contributed by atoms with Crippen LogP contribution in [0.4, 0.5) is 11.5 Å². The van der Waals surface area contributed by atoms with E-state index in [1.165, 1.54) is 24.3 Å². The molecule has 0 aliphatic heterocycles. The van der Waals surface area contributed by atoms with Crippen molar-refractivity contribution in [3.63, 3.8) is 0 Å². The van der Waals surface area contributed by atoms with Crippen LogP contribution in [0.3, 0.4) is 0 Å². The summed E-state index contributed by atoms with van der Waals surface area (Å²) in [6, 6.07) is 9.48. The van der Waals surface area contributed by atoms with Gasteiger partial charge < -0.3 is 4.90 Å². The molecule has 1 heterocycles. The lowest BCUT2D eigenvalue weighted by molar-refractivity contribution is 0.601. The van der Waals surface area contributed by atoms with Crippen molar-refractivity contribution in [3.05, 3.63) is 47.6 Å². The third kappa shape index (κ3) is 3.90. The van der Waals surface area contributed by atoms with Crippen LogP contribution >= 0.6 is 11.6 Å². The van der Waals surface area contributed by atoms with Gasteiger partial charge in [-0.25, -0.2) is 13.4 Å². The summed E-state index contributed by atoms with van der Waals surface area (Å²) >= 11 is 5.76. The predicted octanol–water partition coefficient (Wildman–Crippen LogP) is 3.38. The quantitative estimate of drug-likeness (QED) is 0.876. The average molecular weight is 340 g/mol. The lowest BCUT2D eigenvalue weighted by Gasteiger charge is -2.20. The molecule has 0 bridgehead atoms. The smallest absolute Gasteiger partial charge is 0.263 e. The number of benzene rings is 1. The Morgan fingerprint density at radius 3 is 2.23 bits per heavy atom. The zero-order valence-corrected chi connectivity index (χ0v) is 14.0. The molecule has 0 aliphatic carbocycles. The maximum absolute atomic E-state index is 12.2. The Bertz CT molecular complexity index is 711. The van der Waals surface area contributed by atoms with E-state index >= 15 is 0 Å². The van der Waals surface area contributed by atoms with E-state index in [1.54, 1.807) is 12.3 Å². The molecule has 1 aromatic carbocycles. The number of pyridine rings is 1. The van der Waals surface area contributed by atoms with Gasteiger partial charge in [0.25, 0.3) is 10.0 Å². The third-order valence-corrected chi connectivity index (χ3v) is 4.86. The summed E-state index contributed by atoms with van der Waals surface area (Å²) in [7, 11) is -3.66. The van der Waals surface area contributed by atoms with Crippen molar-refractivity contribution in [2.75, 3.05) is 22.7 Å². The van der Waals surface area contributed by atoms with Crippen molar-refractivity contribution in [3.8, 4) is 0 Å². The van der Waals surface area contributed by atoms with E-state index in [2.05, 4.69) is 28.5 Å². The molecule has 0 unspecified atom stereocenters. The molecule has 0 saturated carbocycles. The number of anilines is 2. The number of rotatable bonds is 6. The lowest BCUT2D eigenvalue weighted by Crippen LogP contribution is -2.22. The van der Waals surface area contributed by atoms with E-state index in [0.717, 1.165) is 18.8 Å². The molecule has 0 atom stereocenters. The van der Waals surface area contributed by atoms with Gasteiger partial charge in [0.1, 0.15) is 5.82 Å². The van der Waals surface area contributed by atoms with Crippen molar-refractivity contribution >= 4 is 33.1 Å². The van der Waals surface area contributed by atoms with E-state index < -0.39 is 10.0 Å². The van der Waals surface area contributed by atoms with E-state index in [4.69, 9.17) is 11.6 Å². The second-order valence-electron chi connectivity index (χ2n) is 4.63. The zero-order chi connectivity index (χ0) is 16.2. The summed E-state index contributed by atoms with van der Waals surface area (Å²) in [5, 5.41) is 0.487. The number of aromatic nitrogens is 1. The van der Waals surface area contributed by atoms with Crippen LogP contribution in [-0.2, 0) is 10.0 Å². The molecule has 2 aromatic rings. The monoisotopic (exact) mass is 339 g/mol. The standard InChI is InChI=1S/C15H18ClN3O2S/c1-3-19(4-2)13-7-10-15(17-11-13)18-22(20,21)14-8-5-12(16)6-9-14/h5-11H,3-4H2,1-2H3,(H,17,18). The first kappa shape index (κ1) is 16.6. The largest absolute Gasteiger partial charge is 0.371 e. The highest BCUT2D eigenvalue weighted by Crippen LogP contribution is 2.19. The minimum absolute atomic E-state index is 0.145. The molecule has 1 N–H and O–H groups in total. The summed E-state index contributed by atoms with van der Waals surface area (Å²) in [4.78, 5) is 6.44. The molecule has 0 saturated heterocycles. The molecule has 1 aromatic heterocycles. The van der Waals surface area contributed by atoms with Gasteiger partial charge in [-0.3, -0.25) is 4.72 Å². The van der Waals surface area contributed by atoms with Crippen LogP contribution in [0, 0.1) is 0 Å². The first-order valence-electron chi connectivity index (χ1n) is 6.95. The first-order valence-corrected chi connectivity index (χ1v) is 8.81. The van der Waals surface area contributed by atoms with Gasteiger partial charge in [0, 0.05) is 18.1 Å². The topological polar surface area (TPSA) is 62.3 Å². The number of sulfonamides is 1. The Labute approximate surface area is 136 Å². The Morgan fingerprint density at radius 1 is 1.09 bits per heavy atom. The van der Waals surface area contributed by atoms with Crippen molar-refractivity contribution in [1.82, 2.24) is 4.98 Å². The maximum Gasteiger partial charge on any atom is 0.263 e. The fourth-order valence-electron chi connectivity index (χ4n) is 2.03. The normalized spacial score (nSPS) is 11.2. The summed E-state index contributed by atoms with van der Waals surface area (Å²) < 4.78 is 26.9. The number of hydrogen-bond donors (Lipinski definition) is 1. The predicted molar refractivity (Wildman–Crippen MR) is 90.1 cm³/mol. The van der Waals surface area contributed by atoms with Gasteiger partial charge in [0.15, 0.2) is 0 Å². The highest BCUT2D eigenvalue weighted by molar-refractivity contribution is 7.92. The zero-order valence-electron chi connectivity index (χ0n) is 12.5. The van der Waals surface area contributed by atoms with E-state index in [0.29, 0.717) is 5.02 Å². The SMILES string of the molecule is CCN(CC)c1ccc(NS(=O)(=O)c2ccc(Cl)cc2)nc1. The molecule has 0 radical (unpaired) electrons. The van der Waals surface area contributed by atoms with E-state index in [9.17, 15) is 8.42 Å². The van der Waals surface area contributed by atoms with Crippen LogP contribution in [0.2, 0.25) is 5.02 Å². The van der Waals surface area contributed by atoms with Gasteiger partial charge in [-0.2, -0.15) is 0 Å². The maximum atomic E-state index is 12.2. The minimum Gasteiger partial charge on any atom is -0.371 e. The lowest BCUT2D eigenvalue weighted by atomic mass is 10.3. The average Bonchev–Trinajstić information content (AvgIpc) is 2.50. The van der Waals surface area contributed by atoms with Gasteiger partial charge in [0.05, 0.1) is 16.8 Å². The summed E-state index contributed by atoms with van der Waals surface area (Å²) in [5.41, 5.74) is 0.958. The highest BCUT2D eigenvalue weighted by atomic mass is 35.5. The Kier molecular flexibility index (Phi) is 5.26. The van der Waals surface area contributed by atoms with Crippen molar-refractivity contribution in [2.45, 2.75) is 18.7 Å². The van der Waals surface area contributed by atoms with Crippen molar-refractivity contribution in [1.29, 1.82) is 0 Å². The molecule has 2 rings (SSSR count). The highest BCUT2D eigenvalue weighted by Gasteiger charge is 2.14. The van der Waals surface area contributed by atoms with Crippen LogP contribution in [0.25, 0.3) is 0 Å². The number of nitrogens with zero attached hydrogens (tertiary/aromatic N) is 2. The molecule has 0 aliphatic rings. The summed E-state index contributed by atoms with van der Waals surface area (Å²) in [5.74, 6) is 0.283. The second-order valence-corrected chi connectivity index (χ2v) is 6.75. The van der Waals surface area contributed by atoms with E-state index in [-0.39, 0.29) is 10.7 Å². The van der Waals surface area contributed by atoms with Gasteiger partial charge in [-0.15, -0.1) is 0 Å². The minimum atomic E-state index is -3.66. The Hall–Kier alpha value is -1.79. The summed E-state index contributed by atoms with van der Waals surface area (Å²) in [6.45, 7) is 5.85. The molecule has 5 nitrogen and oxygen atoms in total. The third-order valence-electron chi connectivity index (χ3n) is 3.24. The number of hydrogen-bond acceptors (Lipinski definition) is 4. The first-order chi connectivity index (χ1) is 10.5. The number of halogens is 1. The van der Waals surface area contributed by atoms with Crippen LogP contribution < -0.4 is 9.62 Å². The molecular weight excluding hydrogens is 322 g/mol. The van der Waals surface area contributed by atoms with E-state index in [1.807, 2.05) is 6.07 Å². The second kappa shape index (κ2) is 6.98. The van der Waals surface area contributed by atoms with Crippen LogP contribution in [0.15, 0.2) is 47.5 Å². The molecule has 0 amide bonds. The molecule has 118 valence electrons. The molecule has 0 spiro atoms. The molecular formula is C15H18ClN3O2S. The number of nitrogens with one attached hydrogen (secondary N) is 1. The van der Waals surface area contributed by atoms with Gasteiger partial charge in [0.2, 0.25) is 0 Å². The van der Waals surface area contributed by atoms with Crippen molar-refractivity contribution < 1.29 is 8.42 Å². The fraction of sp³-hybridized carbons (Fsp3) is 0.267. The molecule has 0 fully saturated rings. The van der Waals surface area contributed by atoms with Crippen LogP contribution in [0.5, 0.6) is 0 Å². The van der Waals surface area contributed by atoms with Crippen LogP contribution in [0.1, 0.15) is 13.8 Å². The molecule has 7 heteroatoms. The van der Waals surface area contributed by atoms with Crippen LogP contribution in [-0.4, -0.2) is 26.5 Å². The van der Waals surface area contributed by atoms with Gasteiger partial charge in [-0.1, -0.05) is 11.6 Å². The Morgan fingerprint density at radius 2 is 1.73 bits per heavy atom. The fourth-order valence-corrected chi connectivity index (χ4v) is 3.17. The van der Waals surface area contributed by atoms with Crippen molar-refractivity contribution in [2.24, 2.45) is 0 Å². The Balaban J connectivity index is 2.18.